The lowest BCUT2D eigenvalue weighted by Gasteiger charge is -2.06. The minimum atomic E-state index is -3.55. The number of hydrogen-bond donors (Lipinski definition) is 1. The molecule has 3 rings (SSSR count). The molecule has 0 aliphatic heterocycles. The van der Waals surface area contributed by atoms with Gasteiger partial charge in [-0.05, 0) is 61.0 Å². The van der Waals surface area contributed by atoms with Gasteiger partial charge in [0.05, 0.1) is 34.4 Å². The summed E-state index contributed by atoms with van der Waals surface area (Å²) in [6.07, 6.45) is 1.60. The number of hydrogen-bond acceptors (Lipinski definition) is 6. The zero-order valence-electron chi connectivity index (χ0n) is 16.0. The van der Waals surface area contributed by atoms with Crippen LogP contribution in [0.1, 0.15) is 21.5 Å². The molecule has 0 radical (unpaired) electrons. The quantitative estimate of drug-likeness (QED) is 0.378. The van der Waals surface area contributed by atoms with Gasteiger partial charge in [0.15, 0.2) is 0 Å². The summed E-state index contributed by atoms with van der Waals surface area (Å²) in [5.41, 5.74) is 5.76. The van der Waals surface area contributed by atoms with Gasteiger partial charge < -0.3 is 4.74 Å². The van der Waals surface area contributed by atoms with Gasteiger partial charge in [-0.2, -0.15) is 5.10 Å². The third-order valence-electron chi connectivity index (χ3n) is 4.23. The van der Waals surface area contributed by atoms with Gasteiger partial charge in [-0.3, -0.25) is 5.43 Å². The molecule has 3 aromatic rings. The largest absolute Gasteiger partial charge is 0.465 e. The summed E-state index contributed by atoms with van der Waals surface area (Å²) in [6.45, 7) is 1.91. The van der Waals surface area contributed by atoms with Crippen LogP contribution in [0.25, 0.3) is 0 Å². The van der Waals surface area contributed by atoms with Gasteiger partial charge in [0.25, 0.3) is 0 Å². The van der Waals surface area contributed by atoms with Crippen LogP contribution >= 0.6 is 0 Å². The zero-order valence-corrected chi connectivity index (χ0v) is 16.8. The Balaban J connectivity index is 1.67. The van der Waals surface area contributed by atoms with E-state index >= 15 is 0 Å². The minimum absolute atomic E-state index is 0.217. The van der Waals surface area contributed by atoms with Crippen LogP contribution in [0.2, 0.25) is 0 Å². The van der Waals surface area contributed by atoms with E-state index in [9.17, 15) is 13.2 Å². The van der Waals surface area contributed by atoms with Crippen molar-refractivity contribution in [2.75, 3.05) is 12.5 Å². The van der Waals surface area contributed by atoms with Crippen molar-refractivity contribution in [3.63, 3.8) is 0 Å². The fourth-order valence-corrected chi connectivity index (χ4v) is 3.83. The topological polar surface area (TPSA) is 84.8 Å². The highest BCUT2D eigenvalue weighted by Crippen LogP contribution is 2.22. The molecule has 0 aliphatic rings. The van der Waals surface area contributed by atoms with E-state index in [0.717, 1.165) is 11.1 Å². The van der Waals surface area contributed by atoms with E-state index in [0.29, 0.717) is 11.3 Å². The second-order valence-corrected chi connectivity index (χ2v) is 8.27. The standard InChI is InChI=1S/C22H20N2O4S/c1-16-3-11-20(12-4-16)29(26,27)21-13-9-19(10-14-21)24-23-15-17-5-7-18(8-6-17)22(25)28-2/h3-15,24H,1-2H3/b23-15-. The normalized spacial score (nSPS) is 11.4. The van der Waals surface area contributed by atoms with E-state index in [-0.39, 0.29) is 9.79 Å². The summed E-state index contributed by atoms with van der Waals surface area (Å²) in [7, 11) is -2.22. The van der Waals surface area contributed by atoms with Gasteiger partial charge in [-0.25, -0.2) is 13.2 Å². The first kappa shape index (κ1) is 20.3. The summed E-state index contributed by atoms with van der Waals surface area (Å²) >= 11 is 0. The first-order valence-corrected chi connectivity index (χ1v) is 10.3. The fraction of sp³-hybridized carbons (Fsp3) is 0.0909. The van der Waals surface area contributed by atoms with Crippen molar-refractivity contribution in [2.24, 2.45) is 5.10 Å². The van der Waals surface area contributed by atoms with Gasteiger partial charge in [-0.15, -0.1) is 0 Å². The Hall–Kier alpha value is -3.45. The van der Waals surface area contributed by atoms with Gasteiger partial charge in [0, 0.05) is 0 Å². The molecule has 0 spiro atoms. The van der Waals surface area contributed by atoms with Crippen LogP contribution in [-0.2, 0) is 14.6 Å². The minimum Gasteiger partial charge on any atom is -0.465 e. The van der Waals surface area contributed by atoms with Crippen molar-refractivity contribution in [2.45, 2.75) is 16.7 Å². The molecular weight excluding hydrogens is 388 g/mol. The number of methoxy groups -OCH3 is 1. The summed E-state index contributed by atoms with van der Waals surface area (Å²) in [6, 6.07) is 19.9. The zero-order chi connectivity index (χ0) is 20.9. The molecule has 7 heteroatoms. The summed E-state index contributed by atoms with van der Waals surface area (Å²) in [5.74, 6) is -0.396. The Morgan fingerprint density at radius 3 is 2.00 bits per heavy atom. The van der Waals surface area contributed by atoms with Crippen molar-refractivity contribution in [3.8, 4) is 0 Å². The molecule has 0 aliphatic carbocycles. The van der Waals surface area contributed by atoms with E-state index in [1.54, 1.807) is 66.9 Å². The van der Waals surface area contributed by atoms with Crippen molar-refractivity contribution in [1.29, 1.82) is 0 Å². The number of rotatable bonds is 6. The smallest absolute Gasteiger partial charge is 0.337 e. The van der Waals surface area contributed by atoms with Crippen molar-refractivity contribution in [3.05, 3.63) is 89.5 Å². The Kier molecular flexibility index (Phi) is 6.09. The van der Waals surface area contributed by atoms with E-state index in [1.165, 1.54) is 19.2 Å². The summed E-state index contributed by atoms with van der Waals surface area (Å²) in [4.78, 5) is 11.9. The molecule has 1 N–H and O–H groups in total. The number of sulfone groups is 1. The van der Waals surface area contributed by atoms with Crippen LogP contribution in [-0.4, -0.2) is 27.7 Å². The average Bonchev–Trinajstić information content (AvgIpc) is 2.74. The van der Waals surface area contributed by atoms with Gasteiger partial charge in [0.1, 0.15) is 0 Å². The number of esters is 1. The fourth-order valence-electron chi connectivity index (χ4n) is 2.57. The number of hydrazone groups is 1. The van der Waals surface area contributed by atoms with Gasteiger partial charge >= 0.3 is 5.97 Å². The molecule has 0 aromatic heterocycles. The van der Waals surface area contributed by atoms with E-state index in [2.05, 4.69) is 15.3 Å². The van der Waals surface area contributed by atoms with Gasteiger partial charge in [0.2, 0.25) is 9.84 Å². The summed E-state index contributed by atoms with van der Waals surface area (Å²) < 4.78 is 30.0. The maximum absolute atomic E-state index is 12.7. The molecule has 3 aromatic carbocycles. The molecule has 0 bridgehead atoms. The van der Waals surface area contributed by atoms with Crippen LogP contribution in [0.3, 0.4) is 0 Å². The Labute approximate surface area is 169 Å². The number of anilines is 1. The number of nitrogens with zero attached hydrogens (tertiary/aromatic N) is 1. The molecular formula is C22H20N2O4S. The van der Waals surface area contributed by atoms with E-state index in [1.807, 2.05) is 6.92 Å². The Bertz CT molecular complexity index is 1120. The molecule has 148 valence electrons. The number of carbonyl (C=O) groups is 1. The van der Waals surface area contributed by atoms with Crippen LogP contribution in [0.15, 0.2) is 87.7 Å². The number of nitrogens with one attached hydrogen (secondary N) is 1. The molecule has 0 fully saturated rings. The third kappa shape index (κ3) is 4.89. The lowest BCUT2D eigenvalue weighted by atomic mass is 10.1. The lowest BCUT2D eigenvalue weighted by Crippen LogP contribution is -2.02. The monoisotopic (exact) mass is 408 g/mol. The second-order valence-electron chi connectivity index (χ2n) is 6.32. The molecule has 0 unspecified atom stereocenters. The first-order valence-electron chi connectivity index (χ1n) is 8.79. The molecule has 0 atom stereocenters. The molecule has 29 heavy (non-hydrogen) atoms. The van der Waals surface area contributed by atoms with E-state index in [4.69, 9.17) is 0 Å². The van der Waals surface area contributed by atoms with Crippen LogP contribution in [0.5, 0.6) is 0 Å². The molecule has 0 heterocycles. The van der Waals surface area contributed by atoms with Crippen LogP contribution < -0.4 is 5.43 Å². The number of carbonyl (C=O) groups excluding carboxylic acids is 1. The van der Waals surface area contributed by atoms with Crippen molar-refractivity contribution in [1.82, 2.24) is 0 Å². The number of ether oxygens (including phenoxy) is 1. The highest BCUT2D eigenvalue weighted by atomic mass is 32.2. The predicted octanol–water partition coefficient (Wildman–Crippen LogP) is 4.06. The number of benzene rings is 3. The van der Waals surface area contributed by atoms with Crippen LogP contribution in [0, 0.1) is 6.92 Å². The third-order valence-corrected chi connectivity index (χ3v) is 6.02. The molecule has 0 saturated carbocycles. The van der Waals surface area contributed by atoms with Crippen molar-refractivity contribution < 1.29 is 17.9 Å². The molecule has 0 saturated heterocycles. The molecule has 6 nitrogen and oxygen atoms in total. The van der Waals surface area contributed by atoms with Crippen molar-refractivity contribution >= 4 is 27.7 Å². The second kappa shape index (κ2) is 8.70. The van der Waals surface area contributed by atoms with Crippen LogP contribution in [0.4, 0.5) is 5.69 Å². The predicted molar refractivity (Wildman–Crippen MR) is 112 cm³/mol. The number of aryl methyl sites for hydroxylation is 1. The highest BCUT2D eigenvalue weighted by Gasteiger charge is 2.17. The highest BCUT2D eigenvalue weighted by molar-refractivity contribution is 7.91. The maximum Gasteiger partial charge on any atom is 0.337 e. The maximum atomic E-state index is 12.7. The first-order chi connectivity index (χ1) is 13.9. The summed E-state index contributed by atoms with van der Waals surface area (Å²) in [5, 5.41) is 4.13. The molecule has 0 amide bonds. The Morgan fingerprint density at radius 1 is 0.897 bits per heavy atom. The van der Waals surface area contributed by atoms with E-state index < -0.39 is 15.8 Å². The average molecular weight is 408 g/mol. The Morgan fingerprint density at radius 2 is 1.45 bits per heavy atom. The SMILES string of the molecule is COC(=O)c1ccc(/C=N\Nc2ccc(S(=O)(=O)c3ccc(C)cc3)cc2)cc1. The van der Waals surface area contributed by atoms with Gasteiger partial charge in [-0.1, -0.05) is 29.8 Å². The lowest BCUT2D eigenvalue weighted by molar-refractivity contribution is 0.0600.